The Hall–Kier alpha value is -4.07. The third-order valence-corrected chi connectivity index (χ3v) is 5.43. The second kappa shape index (κ2) is 8.12. The van der Waals surface area contributed by atoms with Gasteiger partial charge in [-0.3, -0.25) is 13.9 Å². The molecule has 0 atom stereocenters. The average Bonchev–Trinajstić information content (AvgIpc) is 3.13. The van der Waals surface area contributed by atoms with E-state index in [-0.39, 0.29) is 17.4 Å². The standard InChI is InChI=1S/C25H23N5O3/c1-4-33-25(32)16-9-11-17(12-10-16)30-22-20(24(31)29(14-26-22)13-15(2)3)21-23(30)28-19-8-6-5-7-18(19)27-21/h5-12,14-15H,4,13H2,1-3H3. The normalized spacial score (nSPS) is 11.6. The lowest BCUT2D eigenvalue weighted by molar-refractivity contribution is 0.0526. The van der Waals surface area contributed by atoms with Gasteiger partial charge in [-0.2, -0.15) is 0 Å². The first-order valence-electron chi connectivity index (χ1n) is 10.9. The monoisotopic (exact) mass is 441 g/mol. The van der Waals surface area contributed by atoms with Crippen molar-refractivity contribution < 1.29 is 9.53 Å². The van der Waals surface area contributed by atoms with Crippen molar-refractivity contribution in [1.29, 1.82) is 0 Å². The number of aromatic nitrogens is 5. The molecule has 0 radical (unpaired) electrons. The van der Waals surface area contributed by atoms with Gasteiger partial charge in [0.2, 0.25) is 0 Å². The number of para-hydroxylation sites is 2. The number of carbonyl (C=O) groups is 1. The minimum absolute atomic E-state index is 0.148. The molecule has 0 unspecified atom stereocenters. The fourth-order valence-electron chi connectivity index (χ4n) is 4.00. The molecule has 8 heteroatoms. The summed E-state index contributed by atoms with van der Waals surface area (Å²) < 4.78 is 8.53. The van der Waals surface area contributed by atoms with E-state index in [1.807, 2.05) is 28.8 Å². The largest absolute Gasteiger partial charge is 0.462 e. The van der Waals surface area contributed by atoms with Crippen LogP contribution in [-0.2, 0) is 11.3 Å². The lowest BCUT2D eigenvalue weighted by Crippen LogP contribution is -2.23. The highest BCUT2D eigenvalue weighted by Crippen LogP contribution is 2.28. The molecule has 0 aliphatic rings. The predicted molar refractivity (Wildman–Crippen MR) is 127 cm³/mol. The molecular formula is C25H23N5O3. The Balaban J connectivity index is 1.81. The van der Waals surface area contributed by atoms with E-state index in [0.29, 0.717) is 46.4 Å². The van der Waals surface area contributed by atoms with Gasteiger partial charge in [-0.1, -0.05) is 26.0 Å². The van der Waals surface area contributed by atoms with E-state index in [4.69, 9.17) is 14.7 Å². The summed E-state index contributed by atoms with van der Waals surface area (Å²) in [6, 6.07) is 14.5. The van der Waals surface area contributed by atoms with Crippen LogP contribution in [0, 0.1) is 5.92 Å². The quantitative estimate of drug-likeness (QED) is 0.381. The van der Waals surface area contributed by atoms with Crippen LogP contribution < -0.4 is 5.56 Å². The summed E-state index contributed by atoms with van der Waals surface area (Å²) in [6.45, 7) is 6.74. The van der Waals surface area contributed by atoms with Crippen LogP contribution in [0.3, 0.4) is 0 Å². The molecule has 0 bridgehead atoms. The lowest BCUT2D eigenvalue weighted by Gasteiger charge is -2.09. The van der Waals surface area contributed by atoms with Gasteiger partial charge < -0.3 is 4.74 Å². The number of nitrogens with zero attached hydrogens (tertiary/aromatic N) is 5. The van der Waals surface area contributed by atoms with Crippen LogP contribution in [0.25, 0.3) is 38.9 Å². The maximum atomic E-state index is 13.5. The average molecular weight is 441 g/mol. The fraction of sp³-hybridized carbons (Fsp3) is 0.240. The summed E-state index contributed by atoms with van der Waals surface area (Å²) >= 11 is 0. The van der Waals surface area contributed by atoms with Crippen LogP contribution >= 0.6 is 0 Å². The van der Waals surface area contributed by atoms with E-state index in [0.717, 1.165) is 11.2 Å². The van der Waals surface area contributed by atoms with Gasteiger partial charge in [-0.15, -0.1) is 0 Å². The molecule has 0 aliphatic heterocycles. The van der Waals surface area contributed by atoms with Crippen molar-refractivity contribution in [1.82, 2.24) is 24.1 Å². The first-order chi connectivity index (χ1) is 16.0. The van der Waals surface area contributed by atoms with E-state index < -0.39 is 0 Å². The van der Waals surface area contributed by atoms with Crippen molar-refractivity contribution in [3.63, 3.8) is 0 Å². The Labute approximate surface area is 189 Å². The highest BCUT2D eigenvalue weighted by Gasteiger charge is 2.21. The second-order valence-electron chi connectivity index (χ2n) is 8.28. The van der Waals surface area contributed by atoms with E-state index in [2.05, 4.69) is 18.8 Å². The molecule has 0 aliphatic carbocycles. The Kier molecular flexibility index (Phi) is 5.12. The van der Waals surface area contributed by atoms with Crippen LogP contribution in [0.4, 0.5) is 0 Å². The number of fused-ring (bicyclic) bond motifs is 4. The first-order valence-corrected chi connectivity index (χ1v) is 10.9. The van der Waals surface area contributed by atoms with Gasteiger partial charge >= 0.3 is 5.97 Å². The van der Waals surface area contributed by atoms with Crippen LogP contribution in [0.5, 0.6) is 0 Å². The van der Waals surface area contributed by atoms with E-state index in [1.54, 1.807) is 42.1 Å². The number of rotatable bonds is 5. The Morgan fingerprint density at radius 2 is 1.70 bits per heavy atom. The Morgan fingerprint density at radius 1 is 1.00 bits per heavy atom. The van der Waals surface area contributed by atoms with Gasteiger partial charge in [0.1, 0.15) is 10.9 Å². The molecule has 5 rings (SSSR count). The summed E-state index contributed by atoms with van der Waals surface area (Å²) in [7, 11) is 0. The zero-order valence-corrected chi connectivity index (χ0v) is 18.6. The van der Waals surface area contributed by atoms with E-state index in [9.17, 15) is 9.59 Å². The maximum Gasteiger partial charge on any atom is 0.338 e. The molecule has 3 heterocycles. The summed E-state index contributed by atoms with van der Waals surface area (Å²) in [5, 5.41) is 0.431. The number of carbonyl (C=O) groups excluding carboxylic acids is 1. The molecule has 3 aromatic heterocycles. The van der Waals surface area contributed by atoms with Crippen molar-refractivity contribution in [3.8, 4) is 5.69 Å². The minimum Gasteiger partial charge on any atom is -0.462 e. The van der Waals surface area contributed by atoms with Gasteiger partial charge in [-0.25, -0.2) is 19.7 Å². The first kappa shape index (κ1) is 20.8. The SMILES string of the molecule is CCOC(=O)c1ccc(-n2c3nc4ccccc4nc3c3c(=O)n(CC(C)C)cnc32)cc1. The molecule has 0 amide bonds. The van der Waals surface area contributed by atoms with Crippen LogP contribution in [0.15, 0.2) is 59.7 Å². The van der Waals surface area contributed by atoms with Crippen molar-refractivity contribution in [3.05, 3.63) is 70.8 Å². The molecule has 8 nitrogen and oxygen atoms in total. The molecule has 0 N–H and O–H groups in total. The number of benzene rings is 2. The molecule has 0 saturated heterocycles. The summed E-state index contributed by atoms with van der Waals surface area (Å²) in [5.74, 6) is -0.0932. The Bertz CT molecular complexity index is 1570. The van der Waals surface area contributed by atoms with Crippen molar-refractivity contribution in [2.75, 3.05) is 6.61 Å². The molecule has 0 saturated carbocycles. The molecule has 2 aromatic carbocycles. The lowest BCUT2D eigenvalue weighted by atomic mass is 10.2. The highest BCUT2D eigenvalue weighted by atomic mass is 16.5. The van der Waals surface area contributed by atoms with E-state index >= 15 is 0 Å². The predicted octanol–water partition coefficient (Wildman–Crippen LogP) is 4.12. The molecular weight excluding hydrogens is 418 g/mol. The number of hydrogen-bond acceptors (Lipinski definition) is 6. The molecule has 5 aromatic rings. The van der Waals surface area contributed by atoms with Gasteiger partial charge in [-0.05, 0) is 49.2 Å². The van der Waals surface area contributed by atoms with Crippen LogP contribution in [-0.4, -0.2) is 36.7 Å². The minimum atomic E-state index is -0.383. The van der Waals surface area contributed by atoms with Crippen molar-refractivity contribution >= 4 is 39.2 Å². The summed E-state index contributed by atoms with van der Waals surface area (Å²) in [6.07, 6.45) is 1.58. The Morgan fingerprint density at radius 3 is 2.36 bits per heavy atom. The molecule has 0 fully saturated rings. The summed E-state index contributed by atoms with van der Waals surface area (Å²) in [4.78, 5) is 39.8. The third kappa shape index (κ3) is 3.53. The smallest absolute Gasteiger partial charge is 0.338 e. The third-order valence-electron chi connectivity index (χ3n) is 5.43. The zero-order chi connectivity index (χ0) is 23.1. The number of ether oxygens (including phenoxy) is 1. The zero-order valence-electron chi connectivity index (χ0n) is 18.6. The second-order valence-corrected chi connectivity index (χ2v) is 8.28. The fourth-order valence-corrected chi connectivity index (χ4v) is 4.00. The summed E-state index contributed by atoms with van der Waals surface area (Å²) in [5.41, 5.74) is 3.99. The van der Waals surface area contributed by atoms with Gasteiger partial charge in [0.25, 0.3) is 5.56 Å². The van der Waals surface area contributed by atoms with Gasteiger partial charge in [0.05, 0.1) is 29.5 Å². The van der Waals surface area contributed by atoms with Crippen LogP contribution in [0.2, 0.25) is 0 Å². The van der Waals surface area contributed by atoms with Crippen LogP contribution in [0.1, 0.15) is 31.1 Å². The molecule has 33 heavy (non-hydrogen) atoms. The van der Waals surface area contributed by atoms with Crippen molar-refractivity contribution in [2.45, 2.75) is 27.3 Å². The number of esters is 1. The maximum absolute atomic E-state index is 13.5. The van der Waals surface area contributed by atoms with Gasteiger partial charge in [0.15, 0.2) is 11.3 Å². The van der Waals surface area contributed by atoms with E-state index in [1.165, 1.54) is 0 Å². The number of hydrogen-bond donors (Lipinski definition) is 0. The van der Waals surface area contributed by atoms with Crippen molar-refractivity contribution in [2.24, 2.45) is 5.92 Å². The molecule has 166 valence electrons. The highest BCUT2D eigenvalue weighted by molar-refractivity contribution is 6.05. The molecule has 0 spiro atoms. The topological polar surface area (TPSA) is 91.9 Å². The van der Waals surface area contributed by atoms with Gasteiger partial charge in [0, 0.05) is 12.2 Å².